The summed E-state index contributed by atoms with van der Waals surface area (Å²) in [6.45, 7) is 4.98. The van der Waals surface area contributed by atoms with Crippen LogP contribution in [0.5, 0.6) is 0 Å². The first kappa shape index (κ1) is 22.0. The Kier molecular flexibility index (Phi) is 5.97. The molecule has 0 spiro atoms. The van der Waals surface area contributed by atoms with Gasteiger partial charge < -0.3 is 19.4 Å². The first-order chi connectivity index (χ1) is 16.6. The average Bonchev–Trinajstić information content (AvgIpc) is 3.42. The molecule has 0 unspecified atom stereocenters. The van der Waals surface area contributed by atoms with Gasteiger partial charge in [-0.3, -0.25) is 0 Å². The van der Waals surface area contributed by atoms with Gasteiger partial charge in [0.2, 0.25) is 0 Å². The lowest BCUT2D eigenvalue weighted by molar-refractivity contribution is 0.0491. The van der Waals surface area contributed by atoms with Crippen LogP contribution in [0.25, 0.3) is 43.6 Å². The molecule has 0 amide bonds. The fraction of sp³-hybridized carbons (Fsp3) is 0.286. The molecule has 174 valence electrons. The number of nitrogens with one attached hydrogen (secondary N) is 2. The summed E-state index contributed by atoms with van der Waals surface area (Å²) in [5.41, 5.74) is 4.69. The van der Waals surface area contributed by atoms with Crippen LogP contribution in [-0.2, 0) is 9.47 Å². The van der Waals surface area contributed by atoms with Gasteiger partial charge in [-0.15, -0.1) is 0 Å². The number of benzene rings is 3. The van der Waals surface area contributed by atoms with Crippen molar-refractivity contribution >= 4 is 55.6 Å². The number of hydrogen-bond acceptors (Lipinski definition) is 4. The van der Waals surface area contributed by atoms with Crippen LogP contribution in [0.3, 0.4) is 0 Å². The van der Waals surface area contributed by atoms with Crippen LogP contribution in [0.4, 0.5) is 0 Å². The molecule has 0 fully saturated rings. The fourth-order valence-electron chi connectivity index (χ4n) is 4.47. The molecule has 2 N–H and O–H groups in total. The number of hydrogen-bond donors (Lipinski definition) is 2. The van der Waals surface area contributed by atoms with E-state index in [9.17, 15) is 9.59 Å². The van der Waals surface area contributed by atoms with Crippen LogP contribution >= 0.6 is 0 Å². The maximum atomic E-state index is 12.8. The maximum absolute atomic E-state index is 12.8. The molecule has 5 rings (SSSR count). The summed E-state index contributed by atoms with van der Waals surface area (Å²) in [7, 11) is 0. The summed E-state index contributed by atoms with van der Waals surface area (Å²) in [5, 5.41) is 3.89. The molecule has 0 aliphatic heterocycles. The van der Waals surface area contributed by atoms with E-state index in [0.29, 0.717) is 24.3 Å². The van der Waals surface area contributed by atoms with Gasteiger partial charge in [-0.05, 0) is 37.1 Å². The Hall–Kier alpha value is -3.80. The molecule has 2 aromatic heterocycles. The maximum Gasteiger partial charge on any atom is 0.338 e. The van der Waals surface area contributed by atoms with Crippen molar-refractivity contribution in [2.45, 2.75) is 39.5 Å². The SMILES string of the molecule is CCCCOC(=O)c1ccc2c(c1)[nH]c1c2ccc2c1[nH]c1cccc(C(=O)OCCCC)c12. The summed E-state index contributed by atoms with van der Waals surface area (Å²) < 4.78 is 10.9. The van der Waals surface area contributed by atoms with Crippen LogP contribution < -0.4 is 0 Å². The van der Waals surface area contributed by atoms with E-state index in [-0.39, 0.29) is 11.9 Å². The molecule has 0 saturated carbocycles. The number of aromatic amines is 2. The first-order valence-electron chi connectivity index (χ1n) is 12.0. The van der Waals surface area contributed by atoms with Crippen molar-refractivity contribution in [3.8, 4) is 0 Å². The van der Waals surface area contributed by atoms with E-state index >= 15 is 0 Å². The monoisotopic (exact) mass is 456 g/mol. The fourth-order valence-corrected chi connectivity index (χ4v) is 4.47. The third kappa shape index (κ3) is 3.79. The molecule has 3 aromatic carbocycles. The van der Waals surface area contributed by atoms with Crippen molar-refractivity contribution in [1.82, 2.24) is 9.97 Å². The molecule has 5 aromatic rings. The Morgan fingerprint density at radius 2 is 1.38 bits per heavy atom. The van der Waals surface area contributed by atoms with Gasteiger partial charge in [-0.1, -0.05) is 51.0 Å². The van der Waals surface area contributed by atoms with E-state index in [1.165, 1.54) is 0 Å². The van der Waals surface area contributed by atoms with E-state index in [4.69, 9.17) is 9.47 Å². The molecule has 34 heavy (non-hydrogen) atoms. The average molecular weight is 457 g/mol. The van der Waals surface area contributed by atoms with Gasteiger partial charge in [-0.2, -0.15) is 0 Å². The summed E-state index contributed by atoms with van der Waals surface area (Å²) in [6, 6.07) is 15.4. The minimum atomic E-state index is -0.309. The summed E-state index contributed by atoms with van der Waals surface area (Å²) in [5.74, 6) is -0.612. The van der Waals surface area contributed by atoms with Gasteiger partial charge in [0.15, 0.2) is 0 Å². The second-order valence-electron chi connectivity index (χ2n) is 8.63. The van der Waals surface area contributed by atoms with Gasteiger partial charge in [0, 0.05) is 32.6 Å². The van der Waals surface area contributed by atoms with Crippen LogP contribution in [0.1, 0.15) is 60.2 Å². The number of fused-ring (bicyclic) bond motifs is 7. The molecule has 6 heteroatoms. The molecule has 0 aliphatic rings. The first-order valence-corrected chi connectivity index (χ1v) is 12.0. The predicted octanol–water partition coefficient (Wildman–Crippen LogP) is 6.87. The highest BCUT2D eigenvalue weighted by atomic mass is 16.5. The second kappa shape index (κ2) is 9.21. The number of H-pyrrole nitrogens is 2. The standard InChI is InChI=1S/C28H28N2O4/c1-3-5-14-33-27(31)17-10-11-18-19-12-13-20-24-21(28(32)34-15-6-4-2)8-7-9-22(24)29-26(20)25(19)30-23(18)16-17/h7-13,16,29-30H,3-6,14-15H2,1-2H3. The van der Waals surface area contributed by atoms with E-state index in [1.807, 2.05) is 42.5 Å². The van der Waals surface area contributed by atoms with Crippen LogP contribution in [-0.4, -0.2) is 35.1 Å². The zero-order chi connectivity index (χ0) is 23.7. The Labute approximate surface area is 197 Å². The van der Waals surface area contributed by atoms with E-state index in [2.05, 4.69) is 29.9 Å². The van der Waals surface area contributed by atoms with Gasteiger partial charge in [-0.25, -0.2) is 9.59 Å². The van der Waals surface area contributed by atoms with Crippen molar-refractivity contribution < 1.29 is 19.1 Å². The van der Waals surface area contributed by atoms with Gasteiger partial charge in [0.05, 0.1) is 35.4 Å². The van der Waals surface area contributed by atoms with Crippen molar-refractivity contribution in [2.75, 3.05) is 13.2 Å². The molecule has 6 nitrogen and oxygen atoms in total. The van der Waals surface area contributed by atoms with Crippen molar-refractivity contribution in [3.63, 3.8) is 0 Å². The largest absolute Gasteiger partial charge is 0.462 e. The number of esters is 2. The number of aromatic nitrogens is 2. The lowest BCUT2D eigenvalue weighted by atomic mass is 10.0. The van der Waals surface area contributed by atoms with Crippen molar-refractivity contribution in [1.29, 1.82) is 0 Å². The van der Waals surface area contributed by atoms with E-state index in [0.717, 1.165) is 69.3 Å². The predicted molar refractivity (Wildman–Crippen MR) is 136 cm³/mol. The van der Waals surface area contributed by atoms with Crippen molar-refractivity contribution in [3.05, 3.63) is 59.7 Å². The minimum Gasteiger partial charge on any atom is -0.462 e. The topological polar surface area (TPSA) is 84.2 Å². The number of carbonyl (C=O) groups excluding carboxylic acids is 2. The van der Waals surface area contributed by atoms with Gasteiger partial charge in [0.1, 0.15) is 0 Å². The van der Waals surface area contributed by atoms with Crippen LogP contribution in [0.2, 0.25) is 0 Å². The number of carbonyl (C=O) groups is 2. The zero-order valence-electron chi connectivity index (χ0n) is 19.5. The number of rotatable bonds is 8. The third-order valence-corrected chi connectivity index (χ3v) is 6.29. The number of ether oxygens (including phenoxy) is 2. The molecule has 0 atom stereocenters. The Balaban J connectivity index is 1.60. The molecule has 2 heterocycles. The Bertz CT molecular complexity index is 1530. The smallest absolute Gasteiger partial charge is 0.338 e. The van der Waals surface area contributed by atoms with E-state index < -0.39 is 0 Å². The molecular formula is C28H28N2O4. The molecule has 0 saturated heterocycles. The van der Waals surface area contributed by atoms with Gasteiger partial charge in [0.25, 0.3) is 0 Å². The molecule has 0 radical (unpaired) electrons. The molecular weight excluding hydrogens is 428 g/mol. The third-order valence-electron chi connectivity index (χ3n) is 6.29. The minimum absolute atomic E-state index is 0.303. The molecule has 0 bridgehead atoms. The number of unbranched alkanes of at least 4 members (excludes halogenated alkanes) is 2. The van der Waals surface area contributed by atoms with Crippen molar-refractivity contribution in [2.24, 2.45) is 0 Å². The quantitative estimate of drug-likeness (QED) is 0.197. The lowest BCUT2D eigenvalue weighted by Gasteiger charge is -2.05. The summed E-state index contributed by atoms with van der Waals surface area (Å²) >= 11 is 0. The highest BCUT2D eigenvalue weighted by Crippen LogP contribution is 2.36. The van der Waals surface area contributed by atoms with E-state index in [1.54, 1.807) is 0 Å². The molecule has 0 aliphatic carbocycles. The summed E-state index contributed by atoms with van der Waals surface area (Å²) in [6.07, 6.45) is 3.65. The highest BCUT2D eigenvalue weighted by Gasteiger charge is 2.18. The Morgan fingerprint density at radius 1 is 0.735 bits per heavy atom. The Morgan fingerprint density at radius 3 is 2.15 bits per heavy atom. The van der Waals surface area contributed by atoms with Crippen LogP contribution in [0.15, 0.2) is 48.5 Å². The highest BCUT2D eigenvalue weighted by molar-refractivity contribution is 6.24. The zero-order valence-corrected chi connectivity index (χ0v) is 19.5. The van der Waals surface area contributed by atoms with Crippen LogP contribution in [0, 0.1) is 0 Å². The summed E-state index contributed by atoms with van der Waals surface area (Å²) in [4.78, 5) is 32.2. The lowest BCUT2D eigenvalue weighted by Crippen LogP contribution is -2.06. The second-order valence-corrected chi connectivity index (χ2v) is 8.63. The normalized spacial score (nSPS) is 11.6. The van der Waals surface area contributed by atoms with Gasteiger partial charge >= 0.3 is 11.9 Å².